The Morgan fingerprint density at radius 3 is 2.60 bits per heavy atom. The summed E-state index contributed by atoms with van der Waals surface area (Å²) in [4.78, 5) is 22.9. The largest absolute Gasteiger partial charge is 0.465 e. The molecule has 0 aromatic heterocycles. The number of ether oxygens (including phenoxy) is 2. The maximum Gasteiger partial charge on any atom is 0.336 e. The summed E-state index contributed by atoms with van der Waals surface area (Å²) in [6.07, 6.45) is 5.24. The van der Waals surface area contributed by atoms with Gasteiger partial charge in [0.2, 0.25) is 0 Å². The number of benzene rings is 1. The molecule has 0 spiro atoms. The van der Waals surface area contributed by atoms with E-state index in [1.165, 1.54) is 0 Å². The van der Waals surface area contributed by atoms with Crippen molar-refractivity contribution in [3.63, 3.8) is 0 Å². The van der Waals surface area contributed by atoms with E-state index in [0.717, 1.165) is 5.56 Å². The second-order valence-corrected chi connectivity index (χ2v) is 3.88. The maximum absolute atomic E-state index is 11.7. The molecular weight excluding hydrogens is 258 g/mol. The van der Waals surface area contributed by atoms with Gasteiger partial charge in [-0.25, -0.2) is 4.79 Å². The van der Waals surface area contributed by atoms with Gasteiger partial charge in [-0.1, -0.05) is 36.3 Å². The Morgan fingerprint density at radius 1 is 1.30 bits per heavy atom. The lowest BCUT2D eigenvalue weighted by Gasteiger charge is -2.12. The average Bonchev–Trinajstić information content (AvgIpc) is 2.47. The minimum absolute atomic E-state index is 0.136. The van der Waals surface area contributed by atoms with Crippen LogP contribution in [-0.2, 0) is 25.7 Å². The molecule has 1 rings (SSSR count). The Bertz CT molecular complexity index is 478. The molecule has 5 heteroatoms. The highest BCUT2D eigenvalue weighted by atomic mass is 16.5. The maximum atomic E-state index is 11.7. The molecule has 0 bridgehead atoms. The first-order valence-corrected chi connectivity index (χ1v) is 6.23. The summed E-state index contributed by atoms with van der Waals surface area (Å²) >= 11 is 0. The van der Waals surface area contributed by atoms with Crippen LogP contribution in [0.15, 0.2) is 30.3 Å². The normalized spacial score (nSPS) is 11.2. The second-order valence-electron chi connectivity index (χ2n) is 3.88. The number of hydrogen-bond acceptors (Lipinski definition) is 5. The van der Waals surface area contributed by atoms with Crippen LogP contribution in [0.3, 0.4) is 0 Å². The first-order chi connectivity index (χ1) is 9.67. The Kier molecular flexibility index (Phi) is 6.87. The molecule has 0 aliphatic carbocycles. The summed E-state index contributed by atoms with van der Waals surface area (Å²) < 4.78 is 9.80. The lowest BCUT2D eigenvalue weighted by Crippen LogP contribution is -2.40. The Morgan fingerprint density at radius 2 is 2.00 bits per heavy atom. The average molecular weight is 275 g/mol. The fraction of sp³-hybridized carbons (Fsp3) is 0.333. The van der Waals surface area contributed by atoms with E-state index in [1.54, 1.807) is 6.92 Å². The molecule has 0 radical (unpaired) electrons. The van der Waals surface area contributed by atoms with Crippen molar-refractivity contribution in [3.8, 4) is 12.3 Å². The highest BCUT2D eigenvalue weighted by molar-refractivity contribution is 5.80. The Hall–Kier alpha value is -2.32. The fourth-order valence-electron chi connectivity index (χ4n) is 1.42. The van der Waals surface area contributed by atoms with Crippen molar-refractivity contribution in [1.29, 1.82) is 0 Å². The van der Waals surface area contributed by atoms with Crippen molar-refractivity contribution >= 4 is 11.9 Å². The zero-order chi connectivity index (χ0) is 14.8. The molecule has 0 saturated carbocycles. The minimum Gasteiger partial charge on any atom is -0.465 e. The molecule has 0 aliphatic heterocycles. The summed E-state index contributed by atoms with van der Waals surface area (Å²) in [5.74, 6) is 1.18. The van der Waals surface area contributed by atoms with Gasteiger partial charge >= 0.3 is 11.9 Å². The molecule has 20 heavy (non-hydrogen) atoms. The Balaban J connectivity index is 2.39. The van der Waals surface area contributed by atoms with Gasteiger partial charge in [-0.05, 0) is 12.5 Å². The number of carbonyl (C=O) groups is 2. The predicted octanol–water partition coefficient (Wildman–Crippen LogP) is 0.884. The lowest BCUT2D eigenvalue weighted by atomic mass is 10.2. The van der Waals surface area contributed by atoms with Crippen LogP contribution in [-0.4, -0.2) is 31.1 Å². The van der Waals surface area contributed by atoms with Gasteiger partial charge in [0.15, 0.2) is 6.04 Å². The standard InChI is InChI=1S/C15H17NO4/c1-3-13(16-10-14(17)19-4-2)15(18)20-11-12-8-6-5-7-9-12/h1,5-9,13,16H,4,10-11H2,2H3. The second kappa shape index (κ2) is 8.73. The van der Waals surface area contributed by atoms with E-state index in [0.29, 0.717) is 0 Å². The van der Waals surface area contributed by atoms with Gasteiger partial charge in [0.1, 0.15) is 6.61 Å². The van der Waals surface area contributed by atoms with Crippen molar-refractivity contribution in [2.45, 2.75) is 19.6 Å². The molecule has 1 unspecified atom stereocenters. The van der Waals surface area contributed by atoms with Gasteiger partial charge in [0, 0.05) is 0 Å². The molecule has 0 heterocycles. The molecule has 5 nitrogen and oxygen atoms in total. The van der Waals surface area contributed by atoms with Gasteiger partial charge in [-0.3, -0.25) is 10.1 Å². The Labute approximate surface area is 118 Å². The summed E-state index contributed by atoms with van der Waals surface area (Å²) in [7, 11) is 0. The quantitative estimate of drug-likeness (QED) is 0.591. The number of esters is 2. The minimum atomic E-state index is -0.969. The fourth-order valence-corrected chi connectivity index (χ4v) is 1.42. The van der Waals surface area contributed by atoms with Gasteiger partial charge in [0.25, 0.3) is 0 Å². The molecule has 0 saturated heterocycles. The van der Waals surface area contributed by atoms with Crippen molar-refractivity contribution in [2.75, 3.05) is 13.2 Å². The van der Waals surface area contributed by atoms with E-state index in [1.807, 2.05) is 30.3 Å². The third-order valence-electron chi connectivity index (χ3n) is 2.38. The van der Waals surface area contributed by atoms with Crippen LogP contribution < -0.4 is 5.32 Å². The molecule has 106 valence electrons. The summed E-state index contributed by atoms with van der Waals surface area (Å²) in [5, 5.41) is 2.60. The van der Waals surface area contributed by atoms with Crippen molar-refractivity contribution < 1.29 is 19.1 Å². The van der Waals surface area contributed by atoms with Crippen LogP contribution in [0.25, 0.3) is 0 Å². The van der Waals surface area contributed by atoms with E-state index in [2.05, 4.69) is 11.2 Å². The zero-order valence-electron chi connectivity index (χ0n) is 11.3. The van der Waals surface area contributed by atoms with Gasteiger partial charge < -0.3 is 9.47 Å². The molecule has 0 fully saturated rings. The molecule has 1 aromatic carbocycles. The lowest BCUT2D eigenvalue weighted by molar-refractivity contribution is -0.146. The van der Waals surface area contributed by atoms with Crippen molar-refractivity contribution in [3.05, 3.63) is 35.9 Å². The van der Waals surface area contributed by atoms with Crippen LogP contribution in [0.5, 0.6) is 0 Å². The number of carbonyl (C=O) groups excluding carboxylic acids is 2. The number of hydrogen-bond donors (Lipinski definition) is 1. The van der Waals surface area contributed by atoms with E-state index in [-0.39, 0.29) is 19.8 Å². The number of rotatable bonds is 7. The molecule has 1 N–H and O–H groups in total. The van der Waals surface area contributed by atoms with E-state index >= 15 is 0 Å². The molecule has 0 amide bonds. The van der Waals surface area contributed by atoms with Crippen LogP contribution in [0.2, 0.25) is 0 Å². The van der Waals surface area contributed by atoms with Crippen molar-refractivity contribution in [2.24, 2.45) is 0 Å². The monoisotopic (exact) mass is 275 g/mol. The number of nitrogens with one attached hydrogen (secondary N) is 1. The molecular formula is C15H17NO4. The predicted molar refractivity (Wildman–Crippen MR) is 73.5 cm³/mol. The third kappa shape index (κ3) is 5.55. The molecule has 1 aromatic rings. The van der Waals surface area contributed by atoms with E-state index in [9.17, 15) is 9.59 Å². The van der Waals surface area contributed by atoms with Crippen molar-refractivity contribution in [1.82, 2.24) is 5.32 Å². The zero-order valence-corrected chi connectivity index (χ0v) is 11.3. The molecule has 1 atom stereocenters. The first kappa shape index (κ1) is 15.7. The van der Waals surface area contributed by atoms with Gasteiger partial charge in [-0.2, -0.15) is 0 Å². The van der Waals surface area contributed by atoms with E-state index < -0.39 is 18.0 Å². The van der Waals surface area contributed by atoms with Crippen LogP contribution >= 0.6 is 0 Å². The molecule has 0 aliphatic rings. The van der Waals surface area contributed by atoms with Crippen LogP contribution in [0.4, 0.5) is 0 Å². The number of terminal acetylenes is 1. The highest BCUT2D eigenvalue weighted by Gasteiger charge is 2.18. The summed E-state index contributed by atoms with van der Waals surface area (Å²) in [6, 6.07) is 8.27. The summed E-state index contributed by atoms with van der Waals surface area (Å²) in [5.41, 5.74) is 0.863. The van der Waals surface area contributed by atoms with Gasteiger partial charge in [0.05, 0.1) is 13.2 Å². The summed E-state index contributed by atoms with van der Waals surface area (Å²) in [6.45, 7) is 1.98. The first-order valence-electron chi connectivity index (χ1n) is 6.23. The smallest absolute Gasteiger partial charge is 0.336 e. The van der Waals surface area contributed by atoms with Gasteiger partial charge in [-0.15, -0.1) is 6.42 Å². The topological polar surface area (TPSA) is 64.6 Å². The van der Waals surface area contributed by atoms with Crippen LogP contribution in [0, 0.1) is 12.3 Å². The highest BCUT2D eigenvalue weighted by Crippen LogP contribution is 2.01. The van der Waals surface area contributed by atoms with E-state index in [4.69, 9.17) is 15.9 Å². The SMILES string of the molecule is C#CC(NCC(=O)OCC)C(=O)OCc1ccccc1. The third-order valence-corrected chi connectivity index (χ3v) is 2.38. The van der Waals surface area contributed by atoms with Crippen LogP contribution in [0.1, 0.15) is 12.5 Å².